The van der Waals surface area contributed by atoms with E-state index in [-0.39, 0.29) is 5.60 Å². The van der Waals surface area contributed by atoms with E-state index in [4.69, 9.17) is 9.84 Å². The summed E-state index contributed by atoms with van der Waals surface area (Å²) in [6, 6.07) is 0. The van der Waals surface area contributed by atoms with Crippen molar-refractivity contribution in [3.05, 3.63) is 16.1 Å². The summed E-state index contributed by atoms with van der Waals surface area (Å²) in [5, 5.41) is 9.82. The van der Waals surface area contributed by atoms with Crippen molar-refractivity contribution >= 4 is 17.3 Å². The quantitative estimate of drug-likeness (QED) is 0.911. The van der Waals surface area contributed by atoms with Gasteiger partial charge in [0.25, 0.3) is 0 Å². The van der Waals surface area contributed by atoms with Gasteiger partial charge in [-0.05, 0) is 32.1 Å². The zero-order chi connectivity index (χ0) is 13.2. The number of rotatable bonds is 4. The Morgan fingerprint density at radius 2 is 2.50 bits per heavy atom. The molecule has 2 atom stereocenters. The Morgan fingerprint density at radius 1 is 1.72 bits per heavy atom. The predicted octanol–water partition coefficient (Wildman–Crippen LogP) is 3.28. The van der Waals surface area contributed by atoms with Crippen LogP contribution < -0.4 is 0 Å². The number of hydrogen-bond donors (Lipinski definition) is 1. The van der Waals surface area contributed by atoms with Gasteiger partial charge in [0.2, 0.25) is 0 Å². The van der Waals surface area contributed by atoms with E-state index in [1.807, 2.05) is 6.92 Å². The summed E-state index contributed by atoms with van der Waals surface area (Å²) in [5.74, 6) is -0.309. The van der Waals surface area contributed by atoms with Crippen LogP contribution in [0, 0.1) is 5.92 Å². The Morgan fingerprint density at radius 3 is 3.06 bits per heavy atom. The van der Waals surface area contributed by atoms with E-state index < -0.39 is 5.97 Å². The molecule has 4 nitrogen and oxygen atoms in total. The third kappa shape index (κ3) is 2.57. The molecule has 1 fully saturated rings. The van der Waals surface area contributed by atoms with Gasteiger partial charge in [0.1, 0.15) is 15.5 Å². The number of hydrogen-bond acceptors (Lipinski definition) is 4. The number of carboxylic acids is 1. The van der Waals surface area contributed by atoms with Crippen molar-refractivity contribution in [2.45, 2.75) is 45.1 Å². The first-order valence-corrected chi connectivity index (χ1v) is 7.22. The molecular formula is C13H19NO3S. The zero-order valence-corrected chi connectivity index (χ0v) is 11.6. The summed E-state index contributed by atoms with van der Waals surface area (Å²) in [4.78, 5) is 15.5. The second-order valence-corrected chi connectivity index (χ2v) is 5.99. The summed E-state index contributed by atoms with van der Waals surface area (Å²) in [6.07, 6.45) is 5.66. The summed E-state index contributed by atoms with van der Waals surface area (Å²) in [6.45, 7) is 4.83. The third-order valence-corrected chi connectivity index (χ3v) is 4.65. The average molecular weight is 269 g/mol. The first-order chi connectivity index (χ1) is 8.57. The van der Waals surface area contributed by atoms with E-state index in [1.165, 1.54) is 24.0 Å². The molecule has 1 heterocycles. The van der Waals surface area contributed by atoms with E-state index >= 15 is 0 Å². The van der Waals surface area contributed by atoms with Crippen molar-refractivity contribution in [2.24, 2.45) is 5.92 Å². The van der Waals surface area contributed by atoms with Gasteiger partial charge in [0.15, 0.2) is 0 Å². The number of carboxylic acid groups (broad SMARTS) is 1. The van der Waals surface area contributed by atoms with Crippen LogP contribution in [-0.4, -0.2) is 22.7 Å². The summed E-state index contributed by atoms with van der Waals surface area (Å²) >= 11 is 1.25. The second kappa shape index (κ2) is 5.36. The number of nitrogens with zero attached hydrogens (tertiary/aromatic N) is 1. The lowest BCUT2D eigenvalue weighted by Crippen LogP contribution is -2.35. The fourth-order valence-electron chi connectivity index (χ4n) is 2.75. The minimum atomic E-state index is -0.908. The Kier molecular flexibility index (Phi) is 4.02. The van der Waals surface area contributed by atoms with Crippen LogP contribution in [0.15, 0.2) is 6.20 Å². The molecular weight excluding hydrogens is 250 g/mol. The highest BCUT2D eigenvalue weighted by Gasteiger charge is 2.40. The van der Waals surface area contributed by atoms with Gasteiger partial charge < -0.3 is 9.84 Å². The van der Waals surface area contributed by atoms with Crippen molar-refractivity contribution in [3.8, 4) is 0 Å². The molecule has 0 radical (unpaired) electrons. The van der Waals surface area contributed by atoms with Gasteiger partial charge in [0.05, 0.1) is 6.20 Å². The molecule has 1 N–H and O–H groups in total. The van der Waals surface area contributed by atoms with Gasteiger partial charge in [-0.1, -0.05) is 13.3 Å². The van der Waals surface area contributed by atoms with E-state index in [0.717, 1.165) is 24.3 Å². The molecule has 2 rings (SSSR count). The first-order valence-electron chi connectivity index (χ1n) is 6.41. The van der Waals surface area contributed by atoms with E-state index in [9.17, 15) is 4.79 Å². The molecule has 1 aliphatic carbocycles. The van der Waals surface area contributed by atoms with Crippen molar-refractivity contribution in [1.82, 2.24) is 4.98 Å². The van der Waals surface area contributed by atoms with Crippen LogP contribution in [0.5, 0.6) is 0 Å². The van der Waals surface area contributed by atoms with Gasteiger partial charge in [-0.15, -0.1) is 11.3 Å². The minimum Gasteiger partial charge on any atom is -0.477 e. The van der Waals surface area contributed by atoms with Crippen LogP contribution in [0.3, 0.4) is 0 Å². The maximum atomic E-state index is 11.0. The van der Waals surface area contributed by atoms with Crippen molar-refractivity contribution in [1.29, 1.82) is 0 Å². The molecule has 1 aromatic rings. The molecule has 0 spiro atoms. The molecule has 1 aliphatic rings. The molecule has 1 saturated carbocycles. The third-order valence-electron chi connectivity index (χ3n) is 3.48. The van der Waals surface area contributed by atoms with Crippen LogP contribution in [0.25, 0.3) is 0 Å². The predicted molar refractivity (Wildman–Crippen MR) is 70.0 cm³/mol. The fraction of sp³-hybridized carbons (Fsp3) is 0.692. The average Bonchev–Trinajstić information content (AvgIpc) is 2.79. The first kappa shape index (κ1) is 13.5. The minimum absolute atomic E-state index is 0.294. The van der Waals surface area contributed by atoms with E-state index in [1.54, 1.807) is 0 Å². The summed E-state index contributed by atoms with van der Waals surface area (Å²) in [5.41, 5.74) is -0.356. The number of ether oxygens (including phenoxy) is 1. The SMILES string of the molecule is CCOC1(c2ncc(C(=O)O)s2)CCCC(C)C1. The van der Waals surface area contributed by atoms with Crippen LogP contribution in [0.1, 0.15) is 54.2 Å². The number of aromatic nitrogens is 1. The Balaban J connectivity index is 2.30. The monoisotopic (exact) mass is 269 g/mol. The number of aromatic carboxylic acids is 1. The highest BCUT2D eigenvalue weighted by atomic mass is 32.1. The highest BCUT2D eigenvalue weighted by Crippen LogP contribution is 2.44. The lowest BCUT2D eigenvalue weighted by atomic mass is 9.79. The lowest BCUT2D eigenvalue weighted by molar-refractivity contribution is -0.0820. The smallest absolute Gasteiger partial charge is 0.347 e. The Hall–Kier alpha value is -0.940. The largest absolute Gasteiger partial charge is 0.477 e. The number of carbonyl (C=O) groups is 1. The second-order valence-electron chi connectivity index (χ2n) is 4.96. The van der Waals surface area contributed by atoms with Crippen LogP contribution in [0.4, 0.5) is 0 Å². The van der Waals surface area contributed by atoms with Gasteiger partial charge in [-0.25, -0.2) is 9.78 Å². The molecule has 0 saturated heterocycles. The molecule has 0 bridgehead atoms. The maximum absolute atomic E-state index is 11.0. The van der Waals surface area contributed by atoms with Crippen LogP contribution in [-0.2, 0) is 10.3 Å². The maximum Gasteiger partial charge on any atom is 0.347 e. The summed E-state index contributed by atoms with van der Waals surface area (Å²) in [7, 11) is 0. The summed E-state index contributed by atoms with van der Waals surface area (Å²) < 4.78 is 5.97. The molecule has 0 aromatic carbocycles. The van der Waals surface area contributed by atoms with Crippen molar-refractivity contribution < 1.29 is 14.6 Å². The number of thiazole rings is 1. The van der Waals surface area contributed by atoms with Crippen LogP contribution >= 0.6 is 11.3 Å². The molecule has 0 aliphatic heterocycles. The fourth-order valence-corrected chi connectivity index (χ4v) is 3.69. The van der Waals surface area contributed by atoms with E-state index in [2.05, 4.69) is 11.9 Å². The topological polar surface area (TPSA) is 59.4 Å². The van der Waals surface area contributed by atoms with Gasteiger partial charge in [0, 0.05) is 6.61 Å². The van der Waals surface area contributed by atoms with Gasteiger partial charge in [-0.3, -0.25) is 0 Å². The molecule has 18 heavy (non-hydrogen) atoms. The molecule has 5 heteroatoms. The van der Waals surface area contributed by atoms with Gasteiger partial charge in [-0.2, -0.15) is 0 Å². The molecule has 1 aromatic heterocycles. The molecule has 0 amide bonds. The van der Waals surface area contributed by atoms with Gasteiger partial charge >= 0.3 is 5.97 Å². The van der Waals surface area contributed by atoms with E-state index in [0.29, 0.717) is 17.4 Å². The molecule has 100 valence electrons. The molecule has 2 unspecified atom stereocenters. The van der Waals surface area contributed by atoms with Crippen LogP contribution in [0.2, 0.25) is 0 Å². The Bertz CT molecular complexity index is 428. The normalized spacial score (nSPS) is 28.2. The van der Waals surface area contributed by atoms with Crippen molar-refractivity contribution in [2.75, 3.05) is 6.61 Å². The lowest BCUT2D eigenvalue weighted by Gasteiger charge is -2.38. The standard InChI is InChI=1S/C13H19NO3S/c1-3-17-13(6-4-5-9(2)7-13)12-14-8-10(18-12)11(15)16/h8-9H,3-7H2,1-2H3,(H,15,16). The Labute approximate surface area is 111 Å². The highest BCUT2D eigenvalue weighted by molar-refractivity contribution is 7.13. The zero-order valence-electron chi connectivity index (χ0n) is 10.8. The van der Waals surface area contributed by atoms with Crippen molar-refractivity contribution in [3.63, 3.8) is 0 Å².